The lowest BCUT2D eigenvalue weighted by molar-refractivity contribution is 0.270. The minimum absolute atomic E-state index is 0.0432. The lowest BCUT2D eigenvalue weighted by Crippen LogP contribution is -2.42. The molecule has 0 bridgehead atoms. The number of methoxy groups -OCH3 is 2. The molecule has 2 aromatic carbocycles. The molecule has 1 saturated carbocycles. The fourth-order valence-corrected chi connectivity index (χ4v) is 5.50. The number of pyridine rings is 1. The summed E-state index contributed by atoms with van der Waals surface area (Å²) in [6, 6.07) is 20.5. The van der Waals surface area contributed by atoms with E-state index in [0.29, 0.717) is 19.0 Å². The third kappa shape index (κ3) is 7.43. The Morgan fingerprint density at radius 2 is 1.50 bits per heavy atom. The Hall–Kier alpha value is -2.74. The van der Waals surface area contributed by atoms with Crippen molar-refractivity contribution in [3.63, 3.8) is 0 Å². The minimum atomic E-state index is -1.19. The zero-order valence-corrected chi connectivity index (χ0v) is 24.1. The van der Waals surface area contributed by atoms with E-state index in [2.05, 4.69) is 40.0 Å². The molecule has 1 heterocycles. The first kappa shape index (κ1) is 28.3. The van der Waals surface area contributed by atoms with Gasteiger partial charge in [-0.15, -0.1) is 4.72 Å². The highest BCUT2D eigenvalue weighted by Gasteiger charge is 2.34. The van der Waals surface area contributed by atoms with Crippen LogP contribution in [0.1, 0.15) is 69.2 Å². The molecule has 0 aliphatic heterocycles. The Morgan fingerprint density at radius 3 is 1.95 bits per heavy atom. The highest BCUT2D eigenvalue weighted by atomic mass is 32.2. The molecule has 0 unspecified atom stereocenters. The van der Waals surface area contributed by atoms with Crippen molar-refractivity contribution >= 4 is 17.2 Å². The quantitative estimate of drug-likeness (QED) is 0.264. The predicted octanol–water partition coefficient (Wildman–Crippen LogP) is 6.59. The van der Waals surface area contributed by atoms with E-state index < -0.39 is 11.4 Å². The second kappa shape index (κ2) is 12.9. The number of benzene rings is 2. The fourth-order valence-electron chi connectivity index (χ4n) is 4.66. The van der Waals surface area contributed by atoms with Crippen LogP contribution in [0.15, 0.2) is 66.9 Å². The highest BCUT2D eigenvalue weighted by molar-refractivity contribution is 7.90. The van der Waals surface area contributed by atoms with Gasteiger partial charge in [0.15, 0.2) is 0 Å². The zero-order valence-electron chi connectivity index (χ0n) is 23.3. The van der Waals surface area contributed by atoms with Crippen molar-refractivity contribution in [3.05, 3.63) is 83.6 Å². The van der Waals surface area contributed by atoms with Gasteiger partial charge >= 0.3 is 0 Å². The van der Waals surface area contributed by atoms with Gasteiger partial charge in [-0.1, -0.05) is 49.6 Å². The summed E-state index contributed by atoms with van der Waals surface area (Å²) in [5, 5.41) is 0. The van der Waals surface area contributed by atoms with Crippen molar-refractivity contribution < 1.29 is 14.0 Å². The molecule has 1 fully saturated rings. The molecule has 38 heavy (non-hydrogen) atoms. The van der Waals surface area contributed by atoms with Crippen molar-refractivity contribution in [2.24, 2.45) is 5.92 Å². The number of aromatic nitrogens is 1. The molecular weight excluding hydrogens is 494 g/mol. The second-order valence-corrected chi connectivity index (χ2v) is 13.1. The number of nitrogens with one attached hydrogen (secondary N) is 1. The number of anilines is 1. The summed E-state index contributed by atoms with van der Waals surface area (Å²) in [7, 11) is 3.36. The van der Waals surface area contributed by atoms with E-state index in [0.717, 1.165) is 40.4 Å². The standard InChI is InChI=1S/C31H41N3O3S/c1-31(2,3)38(35)33-29(20-23-8-6-9-23)28-10-7-19-32-30(28)34(21-24-11-15-26(36-4)16-12-24)22-25-13-17-27(37-5)18-14-25/h7,10-19,23,29,33H,6,8-9,20-22H2,1-5H3/t29-,38+/m1/s1. The topological polar surface area (TPSA) is 69.7 Å². The van der Waals surface area contributed by atoms with Gasteiger partial charge in [0.25, 0.3) is 0 Å². The van der Waals surface area contributed by atoms with Crippen LogP contribution in [0.5, 0.6) is 11.5 Å². The maximum absolute atomic E-state index is 13.3. The lowest BCUT2D eigenvalue weighted by atomic mass is 9.80. The number of rotatable bonds is 12. The summed E-state index contributed by atoms with van der Waals surface area (Å²) in [6.07, 6.45) is 6.56. The smallest absolute Gasteiger partial charge is 0.136 e. The molecule has 4 rings (SSSR count). The summed E-state index contributed by atoms with van der Waals surface area (Å²) in [6.45, 7) is 7.40. The van der Waals surface area contributed by atoms with Crippen molar-refractivity contribution in [3.8, 4) is 11.5 Å². The first-order valence-electron chi connectivity index (χ1n) is 13.4. The summed E-state index contributed by atoms with van der Waals surface area (Å²) in [5.41, 5.74) is 3.43. The normalized spacial score (nSPS) is 15.4. The number of hydrogen-bond donors (Lipinski definition) is 1. The molecule has 0 spiro atoms. The molecule has 7 heteroatoms. The lowest BCUT2D eigenvalue weighted by Gasteiger charge is -2.35. The van der Waals surface area contributed by atoms with Gasteiger partial charge in [0.2, 0.25) is 0 Å². The number of hydrogen-bond acceptors (Lipinski definition) is 6. The summed E-state index contributed by atoms with van der Waals surface area (Å²) in [5.74, 6) is 3.24. The van der Waals surface area contributed by atoms with Crippen LogP contribution in [-0.4, -0.2) is 28.5 Å². The first-order valence-corrected chi connectivity index (χ1v) is 14.6. The van der Waals surface area contributed by atoms with Crippen molar-refractivity contribution in [2.45, 2.75) is 70.3 Å². The second-order valence-electron chi connectivity index (χ2n) is 11.1. The van der Waals surface area contributed by atoms with E-state index in [9.17, 15) is 4.55 Å². The van der Waals surface area contributed by atoms with Crippen molar-refractivity contribution in [1.82, 2.24) is 9.71 Å². The van der Waals surface area contributed by atoms with Crippen LogP contribution in [0.2, 0.25) is 0 Å². The molecule has 1 aliphatic carbocycles. The van der Waals surface area contributed by atoms with Crippen molar-refractivity contribution in [2.75, 3.05) is 19.1 Å². The van der Waals surface area contributed by atoms with Gasteiger partial charge in [-0.05, 0) is 74.6 Å². The first-order chi connectivity index (χ1) is 18.3. The molecule has 204 valence electrons. The maximum atomic E-state index is 13.3. The molecule has 1 aliphatic rings. The molecular formula is C31H41N3O3S. The van der Waals surface area contributed by atoms with Gasteiger partial charge in [-0.2, -0.15) is 0 Å². The molecule has 1 N–H and O–H groups in total. The van der Waals surface area contributed by atoms with Gasteiger partial charge in [-0.3, -0.25) is 0 Å². The Kier molecular flexibility index (Phi) is 9.58. The third-order valence-corrected chi connectivity index (χ3v) is 8.77. The van der Waals surface area contributed by atoms with Gasteiger partial charge in [0.1, 0.15) is 22.1 Å². The molecule has 1 aromatic heterocycles. The van der Waals surface area contributed by atoms with Crippen LogP contribution >= 0.6 is 0 Å². The van der Waals surface area contributed by atoms with Gasteiger partial charge < -0.3 is 18.9 Å². The van der Waals surface area contributed by atoms with E-state index in [1.165, 1.54) is 19.3 Å². The molecule has 3 aromatic rings. The molecule has 6 nitrogen and oxygen atoms in total. The summed E-state index contributed by atoms with van der Waals surface area (Å²) >= 11 is -1.19. The van der Waals surface area contributed by atoms with E-state index in [4.69, 9.17) is 14.5 Å². The molecule has 0 saturated heterocycles. The Morgan fingerprint density at radius 1 is 0.947 bits per heavy atom. The Balaban J connectivity index is 1.70. The van der Waals surface area contributed by atoms with Crippen LogP contribution in [0.4, 0.5) is 5.82 Å². The van der Waals surface area contributed by atoms with Crippen LogP contribution in [-0.2, 0) is 24.5 Å². The number of nitrogens with zero attached hydrogens (tertiary/aromatic N) is 2. The average molecular weight is 536 g/mol. The van der Waals surface area contributed by atoms with Crippen molar-refractivity contribution in [1.29, 1.82) is 0 Å². The third-order valence-electron chi connectivity index (χ3n) is 7.16. The van der Waals surface area contributed by atoms with E-state index in [1.807, 2.05) is 57.3 Å². The van der Waals surface area contributed by atoms with Crippen LogP contribution in [0.25, 0.3) is 0 Å². The highest BCUT2D eigenvalue weighted by Crippen LogP contribution is 2.38. The van der Waals surface area contributed by atoms with Gasteiger partial charge in [-0.25, -0.2) is 4.98 Å². The molecule has 0 amide bonds. The Labute approximate surface area is 231 Å². The predicted molar refractivity (Wildman–Crippen MR) is 156 cm³/mol. The zero-order chi connectivity index (χ0) is 27.1. The van der Waals surface area contributed by atoms with Gasteiger partial charge in [0, 0.05) is 36.2 Å². The number of ether oxygens (including phenoxy) is 2. The minimum Gasteiger partial charge on any atom is -0.598 e. The van der Waals surface area contributed by atoms with Gasteiger partial charge in [0.05, 0.1) is 20.3 Å². The maximum Gasteiger partial charge on any atom is 0.136 e. The summed E-state index contributed by atoms with van der Waals surface area (Å²) in [4.78, 5) is 7.23. The largest absolute Gasteiger partial charge is 0.598 e. The van der Waals surface area contributed by atoms with E-state index in [1.54, 1.807) is 14.2 Å². The SMILES string of the molecule is COc1ccc(CN(Cc2ccc(OC)cc2)c2ncccc2[C@@H](CC2CCC2)N[S@@+]([O-])C(C)(C)C)cc1. The van der Waals surface area contributed by atoms with Crippen LogP contribution in [0.3, 0.4) is 0 Å². The van der Waals surface area contributed by atoms with Crippen LogP contribution < -0.4 is 19.1 Å². The Bertz CT molecular complexity index is 1090. The monoisotopic (exact) mass is 535 g/mol. The fraction of sp³-hybridized carbons (Fsp3) is 0.452. The summed E-state index contributed by atoms with van der Waals surface area (Å²) < 4.78 is 27.1. The van der Waals surface area contributed by atoms with Crippen LogP contribution in [0, 0.1) is 5.92 Å². The average Bonchev–Trinajstić information content (AvgIpc) is 2.89. The molecule has 2 atom stereocenters. The van der Waals surface area contributed by atoms with E-state index in [-0.39, 0.29) is 10.8 Å². The van der Waals surface area contributed by atoms with E-state index >= 15 is 0 Å². The molecule has 0 radical (unpaired) electrons.